The summed E-state index contributed by atoms with van der Waals surface area (Å²) in [6.45, 7) is 8.34. The van der Waals surface area contributed by atoms with Crippen LogP contribution in [0.3, 0.4) is 0 Å². The first-order valence-electron chi connectivity index (χ1n) is 7.66. The Balaban J connectivity index is 2.03. The van der Waals surface area contributed by atoms with Crippen molar-refractivity contribution < 1.29 is 9.90 Å². The smallest absolute Gasteiger partial charge is 0.338 e. The van der Waals surface area contributed by atoms with Gasteiger partial charge in [0.05, 0.1) is 5.56 Å². The molecule has 0 bridgehead atoms. The number of aromatic carboxylic acids is 1. The molecule has 4 heteroatoms. The molecule has 112 valence electrons. The summed E-state index contributed by atoms with van der Waals surface area (Å²) in [5, 5.41) is 10.2. The van der Waals surface area contributed by atoms with E-state index < -0.39 is 5.97 Å². The van der Waals surface area contributed by atoms with Crippen LogP contribution in [0.2, 0.25) is 0 Å². The SMILES string of the molecule is CCN(CC)C1Cc2cc3[nH]c(C)c(C(=O)O)c3cc2C1. The van der Waals surface area contributed by atoms with Gasteiger partial charge in [-0.1, -0.05) is 13.8 Å². The third-order valence-corrected chi connectivity index (χ3v) is 4.76. The van der Waals surface area contributed by atoms with Gasteiger partial charge in [0.15, 0.2) is 0 Å². The summed E-state index contributed by atoms with van der Waals surface area (Å²) >= 11 is 0. The monoisotopic (exact) mass is 286 g/mol. The van der Waals surface area contributed by atoms with Crippen molar-refractivity contribution in [2.24, 2.45) is 0 Å². The van der Waals surface area contributed by atoms with Gasteiger partial charge in [0, 0.05) is 22.6 Å². The highest BCUT2D eigenvalue weighted by Gasteiger charge is 2.27. The molecule has 4 nitrogen and oxygen atoms in total. The van der Waals surface area contributed by atoms with Crippen molar-refractivity contribution in [1.82, 2.24) is 9.88 Å². The number of aromatic nitrogens is 1. The minimum Gasteiger partial charge on any atom is -0.478 e. The standard InChI is InChI=1S/C17H22N2O2/c1-4-19(5-2)13-6-11-8-14-15(9-12(11)7-13)18-10(3)16(14)17(20)21/h8-9,13,18H,4-7H2,1-3H3,(H,20,21). The normalized spacial score (nSPS) is 17.6. The van der Waals surface area contributed by atoms with E-state index in [4.69, 9.17) is 0 Å². The van der Waals surface area contributed by atoms with Crippen molar-refractivity contribution in [3.63, 3.8) is 0 Å². The number of aryl methyl sites for hydroxylation is 1. The van der Waals surface area contributed by atoms with Gasteiger partial charge in [-0.25, -0.2) is 4.79 Å². The molecule has 0 saturated carbocycles. The molecule has 0 spiro atoms. The number of nitrogens with zero attached hydrogens (tertiary/aromatic N) is 1. The van der Waals surface area contributed by atoms with E-state index in [1.165, 1.54) is 11.1 Å². The Morgan fingerprint density at radius 3 is 2.48 bits per heavy atom. The zero-order chi connectivity index (χ0) is 15.1. The average molecular weight is 286 g/mol. The maximum Gasteiger partial charge on any atom is 0.338 e. The number of carboxylic acid groups (broad SMARTS) is 1. The first kappa shape index (κ1) is 14.1. The van der Waals surface area contributed by atoms with Crippen LogP contribution in [0, 0.1) is 6.92 Å². The largest absolute Gasteiger partial charge is 0.478 e. The van der Waals surface area contributed by atoms with E-state index >= 15 is 0 Å². The molecule has 2 N–H and O–H groups in total. The first-order valence-corrected chi connectivity index (χ1v) is 7.66. The number of benzene rings is 1. The van der Waals surface area contributed by atoms with Gasteiger partial charge in [0.25, 0.3) is 0 Å². The van der Waals surface area contributed by atoms with E-state index in [2.05, 4.69) is 35.9 Å². The predicted octanol–water partition coefficient (Wildman–Crippen LogP) is 2.98. The number of rotatable bonds is 4. The molecule has 0 aliphatic heterocycles. The Morgan fingerprint density at radius 1 is 1.29 bits per heavy atom. The number of H-pyrrole nitrogens is 1. The number of hydrogen-bond donors (Lipinski definition) is 2. The van der Waals surface area contributed by atoms with Crippen LogP contribution in [-0.2, 0) is 12.8 Å². The lowest BCUT2D eigenvalue weighted by Crippen LogP contribution is -2.35. The number of aromatic amines is 1. The van der Waals surface area contributed by atoms with Gasteiger partial charge in [-0.15, -0.1) is 0 Å². The summed E-state index contributed by atoms with van der Waals surface area (Å²) < 4.78 is 0. The minimum atomic E-state index is -0.850. The quantitative estimate of drug-likeness (QED) is 0.908. The fourth-order valence-corrected chi connectivity index (χ4v) is 3.70. The zero-order valence-electron chi connectivity index (χ0n) is 12.9. The summed E-state index contributed by atoms with van der Waals surface area (Å²) in [5.74, 6) is -0.850. The lowest BCUT2D eigenvalue weighted by Gasteiger charge is -2.25. The summed E-state index contributed by atoms with van der Waals surface area (Å²) in [6, 6.07) is 4.78. The molecule has 1 aromatic heterocycles. The van der Waals surface area contributed by atoms with Crippen molar-refractivity contribution in [2.75, 3.05) is 13.1 Å². The van der Waals surface area contributed by atoms with Crippen molar-refractivity contribution >= 4 is 16.9 Å². The van der Waals surface area contributed by atoms with Gasteiger partial charge in [-0.2, -0.15) is 0 Å². The second kappa shape index (κ2) is 5.19. The van der Waals surface area contributed by atoms with Crippen molar-refractivity contribution in [1.29, 1.82) is 0 Å². The molecule has 0 saturated heterocycles. The van der Waals surface area contributed by atoms with Crippen LogP contribution in [0.25, 0.3) is 10.9 Å². The van der Waals surface area contributed by atoms with Crippen LogP contribution >= 0.6 is 0 Å². The second-order valence-corrected chi connectivity index (χ2v) is 5.88. The highest BCUT2D eigenvalue weighted by Crippen LogP contribution is 2.32. The van der Waals surface area contributed by atoms with Crippen LogP contribution in [0.4, 0.5) is 0 Å². The number of carboxylic acids is 1. The number of carbonyl (C=O) groups is 1. The molecule has 1 heterocycles. The number of likely N-dealkylation sites (N-methyl/N-ethyl adjacent to an activating group) is 1. The van der Waals surface area contributed by atoms with E-state index in [1.54, 1.807) is 0 Å². The molecule has 2 aromatic rings. The Kier molecular flexibility index (Phi) is 3.49. The fourth-order valence-electron chi connectivity index (χ4n) is 3.70. The van der Waals surface area contributed by atoms with E-state index in [0.717, 1.165) is 42.5 Å². The van der Waals surface area contributed by atoms with E-state index in [-0.39, 0.29) is 0 Å². The topological polar surface area (TPSA) is 56.3 Å². The van der Waals surface area contributed by atoms with Crippen LogP contribution < -0.4 is 0 Å². The van der Waals surface area contributed by atoms with Crippen molar-refractivity contribution in [3.05, 3.63) is 34.5 Å². The van der Waals surface area contributed by atoms with E-state index in [9.17, 15) is 9.90 Å². The Bertz CT molecular complexity index is 698. The molecule has 1 aliphatic carbocycles. The molecule has 1 aromatic carbocycles. The van der Waals surface area contributed by atoms with Crippen molar-refractivity contribution in [3.8, 4) is 0 Å². The predicted molar refractivity (Wildman–Crippen MR) is 84.1 cm³/mol. The summed E-state index contributed by atoms with van der Waals surface area (Å²) in [4.78, 5) is 17.1. The zero-order valence-corrected chi connectivity index (χ0v) is 12.9. The molecule has 21 heavy (non-hydrogen) atoms. The number of hydrogen-bond acceptors (Lipinski definition) is 2. The lowest BCUT2D eigenvalue weighted by molar-refractivity contribution is 0.0698. The number of nitrogens with one attached hydrogen (secondary N) is 1. The molecular weight excluding hydrogens is 264 g/mol. The first-order chi connectivity index (χ1) is 10.0. The van der Waals surface area contributed by atoms with Gasteiger partial charge in [0.2, 0.25) is 0 Å². The molecule has 1 unspecified atom stereocenters. The summed E-state index contributed by atoms with van der Waals surface area (Å²) in [6.07, 6.45) is 2.09. The van der Waals surface area contributed by atoms with Crippen LogP contribution in [-0.4, -0.2) is 40.1 Å². The number of fused-ring (bicyclic) bond motifs is 2. The van der Waals surface area contributed by atoms with E-state index in [1.807, 2.05) is 6.92 Å². The second-order valence-electron chi connectivity index (χ2n) is 5.88. The van der Waals surface area contributed by atoms with Gasteiger partial charge < -0.3 is 15.0 Å². The average Bonchev–Trinajstić information content (AvgIpc) is 2.96. The van der Waals surface area contributed by atoms with Crippen LogP contribution in [0.5, 0.6) is 0 Å². The van der Waals surface area contributed by atoms with Gasteiger partial charge in [-0.05, 0) is 56.1 Å². The molecule has 0 fully saturated rings. The van der Waals surface area contributed by atoms with Crippen molar-refractivity contribution in [2.45, 2.75) is 39.7 Å². The molecular formula is C17H22N2O2. The van der Waals surface area contributed by atoms with E-state index in [0.29, 0.717) is 11.6 Å². The van der Waals surface area contributed by atoms with Gasteiger partial charge in [0.1, 0.15) is 0 Å². The molecule has 0 amide bonds. The maximum absolute atomic E-state index is 11.4. The van der Waals surface area contributed by atoms with Gasteiger partial charge in [-0.3, -0.25) is 0 Å². The molecule has 1 atom stereocenters. The third-order valence-electron chi connectivity index (χ3n) is 4.76. The third kappa shape index (κ3) is 2.23. The summed E-state index contributed by atoms with van der Waals surface area (Å²) in [5.41, 5.74) is 4.77. The fraction of sp³-hybridized carbons (Fsp3) is 0.471. The Hall–Kier alpha value is -1.81. The van der Waals surface area contributed by atoms with Crippen LogP contribution in [0.1, 0.15) is 41.0 Å². The lowest BCUT2D eigenvalue weighted by atomic mass is 10.0. The highest BCUT2D eigenvalue weighted by atomic mass is 16.4. The minimum absolute atomic E-state index is 0.416. The Morgan fingerprint density at radius 2 is 1.90 bits per heavy atom. The Labute approximate surface area is 124 Å². The molecule has 3 rings (SSSR count). The highest BCUT2D eigenvalue weighted by molar-refractivity contribution is 6.05. The molecule has 0 radical (unpaired) electrons. The van der Waals surface area contributed by atoms with Gasteiger partial charge >= 0.3 is 5.97 Å². The van der Waals surface area contributed by atoms with Crippen LogP contribution in [0.15, 0.2) is 12.1 Å². The maximum atomic E-state index is 11.4. The molecule has 1 aliphatic rings. The summed E-state index contributed by atoms with van der Waals surface area (Å²) in [7, 11) is 0.